The Labute approximate surface area is 162 Å². The SMILES string of the molecule is CN=C(NCCC(=O)N1CCc2sccc2C1)NCc1nc(C)c(C)s1. The molecule has 0 aromatic carbocycles. The maximum absolute atomic E-state index is 12.4. The van der Waals surface area contributed by atoms with Gasteiger partial charge in [-0.2, -0.15) is 0 Å². The standard InChI is InChI=1S/C18H25N5OS2/c1-12-13(2)26-16(22-12)10-21-18(19-3)20-7-4-17(24)23-8-5-15-14(11-23)6-9-25-15/h6,9H,4-5,7-8,10-11H2,1-3H3,(H2,19,20,21). The number of carbonyl (C=O) groups excluding carboxylic acids is 1. The quantitative estimate of drug-likeness (QED) is 0.607. The molecule has 1 aliphatic heterocycles. The third kappa shape index (κ3) is 4.62. The van der Waals surface area contributed by atoms with Crippen LogP contribution < -0.4 is 10.6 Å². The van der Waals surface area contributed by atoms with Gasteiger partial charge in [0.25, 0.3) is 0 Å². The predicted molar refractivity (Wildman–Crippen MR) is 108 cm³/mol. The highest BCUT2D eigenvalue weighted by Crippen LogP contribution is 2.24. The maximum Gasteiger partial charge on any atom is 0.224 e. The largest absolute Gasteiger partial charge is 0.356 e. The van der Waals surface area contributed by atoms with Crippen LogP contribution in [0.15, 0.2) is 16.4 Å². The topological polar surface area (TPSA) is 69.6 Å². The van der Waals surface area contributed by atoms with Gasteiger partial charge in [0.15, 0.2) is 5.96 Å². The van der Waals surface area contributed by atoms with Gasteiger partial charge in [0.1, 0.15) is 5.01 Å². The lowest BCUT2D eigenvalue weighted by Gasteiger charge is -2.27. The van der Waals surface area contributed by atoms with Crippen LogP contribution in [0.2, 0.25) is 0 Å². The Balaban J connectivity index is 1.41. The van der Waals surface area contributed by atoms with Gasteiger partial charge in [-0.15, -0.1) is 22.7 Å². The van der Waals surface area contributed by atoms with E-state index < -0.39 is 0 Å². The van der Waals surface area contributed by atoms with E-state index in [1.54, 1.807) is 29.7 Å². The first kappa shape index (κ1) is 18.8. The summed E-state index contributed by atoms with van der Waals surface area (Å²) in [6.45, 7) is 6.87. The van der Waals surface area contributed by atoms with Gasteiger partial charge in [-0.1, -0.05) is 0 Å². The summed E-state index contributed by atoms with van der Waals surface area (Å²) in [5.41, 5.74) is 2.38. The smallest absolute Gasteiger partial charge is 0.224 e. The summed E-state index contributed by atoms with van der Waals surface area (Å²) in [5, 5.41) is 9.62. The molecule has 3 heterocycles. The van der Waals surface area contributed by atoms with E-state index in [-0.39, 0.29) is 5.91 Å². The van der Waals surface area contributed by atoms with Crippen molar-refractivity contribution in [1.29, 1.82) is 0 Å². The van der Waals surface area contributed by atoms with Crippen molar-refractivity contribution in [2.24, 2.45) is 4.99 Å². The molecule has 2 N–H and O–H groups in total. The monoisotopic (exact) mass is 391 g/mol. The average Bonchev–Trinajstić information content (AvgIpc) is 3.23. The molecule has 1 aliphatic rings. The number of carbonyl (C=O) groups is 1. The minimum Gasteiger partial charge on any atom is -0.356 e. The molecule has 0 fully saturated rings. The number of nitrogens with one attached hydrogen (secondary N) is 2. The second kappa shape index (κ2) is 8.64. The van der Waals surface area contributed by atoms with Crippen LogP contribution in [0.25, 0.3) is 0 Å². The molecule has 3 rings (SSSR count). The summed E-state index contributed by atoms with van der Waals surface area (Å²) in [4.78, 5) is 25.8. The summed E-state index contributed by atoms with van der Waals surface area (Å²) >= 11 is 3.48. The van der Waals surface area contributed by atoms with Crippen molar-refractivity contribution in [3.8, 4) is 0 Å². The third-order valence-electron chi connectivity index (χ3n) is 4.50. The van der Waals surface area contributed by atoms with Crippen molar-refractivity contribution >= 4 is 34.5 Å². The number of fused-ring (bicyclic) bond motifs is 1. The number of hydrogen-bond acceptors (Lipinski definition) is 5. The van der Waals surface area contributed by atoms with Crippen LogP contribution in [0, 0.1) is 13.8 Å². The summed E-state index contributed by atoms with van der Waals surface area (Å²) < 4.78 is 0. The zero-order valence-electron chi connectivity index (χ0n) is 15.5. The fourth-order valence-corrected chi connectivity index (χ4v) is 4.67. The van der Waals surface area contributed by atoms with E-state index in [1.807, 2.05) is 11.8 Å². The molecule has 6 nitrogen and oxygen atoms in total. The number of thiophene rings is 1. The van der Waals surface area contributed by atoms with Crippen LogP contribution in [0.4, 0.5) is 0 Å². The first-order valence-electron chi connectivity index (χ1n) is 8.77. The predicted octanol–water partition coefficient (Wildman–Crippen LogP) is 2.46. The van der Waals surface area contributed by atoms with E-state index in [0.29, 0.717) is 25.5 Å². The number of aromatic nitrogens is 1. The third-order valence-corrected chi connectivity index (χ3v) is 6.59. The first-order valence-corrected chi connectivity index (χ1v) is 10.5. The first-order chi connectivity index (χ1) is 12.6. The Morgan fingerprint density at radius 2 is 2.23 bits per heavy atom. The van der Waals surface area contributed by atoms with Crippen LogP contribution in [0.3, 0.4) is 0 Å². The van der Waals surface area contributed by atoms with Crippen molar-refractivity contribution in [2.75, 3.05) is 20.1 Å². The van der Waals surface area contributed by atoms with Gasteiger partial charge < -0.3 is 15.5 Å². The number of aliphatic imine (C=N–C) groups is 1. The van der Waals surface area contributed by atoms with Gasteiger partial charge in [0, 0.05) is 42.9 Å². The molecular formula is C18H25N5OS2. The molecule has 0 atom stereocenters. The molecule has 140 valence electrons. The van der Waals surface area contributed by atoms with Crippen molar-refractivity contribution in [3.63, 3.8) is 0 Å². The minimum absolute atomic E-state index is 0.191. The van der Waals surface area contributed by atoms with Crippen LogP contribution in [0.5, 0.6) is 0 Å². The Morgan fingerprint density at radius 3 is 2.96 bits per heavy atom. The molecule has 1 amide bonds. The Morgan fingerprint density at radius 1 is 1.38 bits per heavy atom. The summed E-state index contributed by atoms with van der Waals surface area (Å²) in [5.74, 6) is 0.887. The van der Waals surface area contributed by atoms with E-state index >= 15 is 0 Å². The highest BCUT2D eigenvalue weighted by molar-refractivity contribution is 7.11. The molecule has 2 aromatic rings. The van der Waals surface area contributed by atoms with Crippen molar-refractivity contribution < 1.29 is 4.79 Å². The highest BCUT2D eigenvalue weighted by Gasteiger charge is 2.21. The lowest BCUT2D eigenvalue weighted by atomic mass is 10.1. The molecule has 2 aromatic heterocycles. The Bertz CT molecular complexity index is 776. The zero-order chi connectivity index (χ0) is 18.5. The Hall–Kier alpha value is -1.93. The van der Waals surface area contributed by atoms with Gasteiger partial charge in [-0.05, 0) is 37.3 Å². The molecule has 0 bridgehead atoms. The molecule has 0 saturated heterocycles. The number of guanidine groups is 1. The lowest BCUT2D eigenvalue weighted by Crippen LogP contribution is -2.40. The fourth-order valence-electron chi connectivity index (χ4n) is 2.90. The number of rotatable bonds is 5. The minimum atomic E-state index is 0.191. The van der Waals surface area contributed by atoms with E-state index in [4.69, 9.17) is 0 Å². The lowest BCUT2D eigenvalue weighted by molar-refractivity contribution is -0.131. The van der Waals surface area contributed by atoms with E-state index in [9.17, 15) is 4.79 Å². The summed E-state index contributed by atoms with van der Waals surface area (Å²) in [7, 11) is 1.73. The van der Waals surface area contributed by atoms with Crippen molar-refractivity contribution in [3.05, 3.63) is 37.5 Å². The van der Waals surface area contributed by atoms with E-state index in [0.717, 1.165) is 30.2 Å². The molecule has 0 unspecified atom stereocenters. The highest BCUT2D eigenvalue weighted by atomic mass is 32.1. The van der Waals surface area contributed by atoms with Crippen LogP contribution in [0.1, 0.15) is 32.4 Å². The average molecular weight is 392 g/mol. The number of amides is 1. The molecule has 8 heteroatoms. The molecule has 0 radical (unpaired) electrons. The van der Waals surface area contributed by atoms with E-state index in [1.165, 1.54) is 15.3 Å². The zero-order valence-corrected chi connectivity index (χ0v) is 17.1. The van der Waals surface area contributed by atoms with Crippen LogP contribution in [-0.4, -0.2) is 41.9 Å². The Kier molecular flexibility index (Phi) is 6.26. The summed E-state index contributed by atoms with van der Waals surface area (Å²) in [6, 6.07) is 2.13. The second-order valence-corrected chi connectivity index (χ2v) is 8.57. The summed E-state index contributed by atoms with van der Waals surface area (Å²) in [6.07, 6.45) is 1.44. The molecule has 0 saturated carbocycles. The maximum atomic E-state index is 12.4. The fraction of sp³-hybridized carbons (Fsp3) is 0.500. The van der Waals surface area contributed by atoms with Crippen molar-refractivity contribution in [2.45, 2.75) is 39.8 Å². The van der Waals surface area contributed by atoms with E-state index in [2.05, 4.69) is 39.0 Å². The number of nitrogens with zero attached hydrogens (tertiary/aromatic N) is 3. The molecule has 0 spiro atoms. The normalized spacial score (nSPS) is 14.3. The number of hydrogen-bond donors (Lipinski definition) is 2. The van der Waals surface area contributed by atoms with Gasteiger partial charge in [-0.25, -0.2) is 4.98 Å². The van der Waals surface area contributed by atoms with Gasteiger partial charge in [0.2, 0.25) is 5.91 Å². The van der Waals surface area contributed by atoms with Gasteiger partial charge >= 0.3 is 0 Å². The molecule has 26 heavy (non-hydrogen) atoms. The number of thiazole rings is 1. The molecule has 0 aliphatic carbocycles. The van der Waals surface area contributed by atoms with Crippen molar-refractivity contribution in [1.82, 2.24) is 20.5 Å². The van der Waals surface area contributed by atoms with Crippen LogP contribution in [-0.2, 0) is 24.3 Å². The van der Waals surface area contributed by atoms with Gasteiger partial charge in [0.05, 0.1) is 12.2 Å². The second-order valence-electron chi connectivity index (χ2n) is 6.29. The number of aryl methyl sites for hydroxylation is 2. The van der Waals surface area contributed by atoms with Gasteiger partial charge in [-0.3, -0.25) is 9.79 Å². The van der Waals surface area contributed by atoms with Crippen LogP contribution >= 0.6 is 22.7 Å². The molecular weight excluding hydrogens is 366 g/mol.